The fraction of sp³-hybridized carbons (Fsp3) is 0.529. The first-order valence-electron chi connectivity index (χ1n) is 8.34. The number of carbonyl (C=O) groups is 2. The molecule has 0 radical (unpaired) electrons. The van der Waals surface area contributed by atoms with Crippen molar-refractivity contribution in [2.45, 2.75) is 50.1 Å². The van der Waals surface area contributed by atoms with E-state index >= 15 is 0 Å². The zero-order valence-corrected chi connectivity index (χ0v) is 16.5. The van der Waals surface area contributed by atoms with Gasteiger partial charge in [0.15, 0.2) is 0 Å². The van der Waals surface area contributed by atoms with Crippen LogP contribution in [0.1, 0.15) is 43.5 Å². The number of hydrogen-bond donors (Lipinski definition) is 2. The number of carbonyl (C=O) groups excluding carboxylic acids is 2. The zero-order valence-electron chi connectivity index (χ0n) is 14.9. The van der Waals surface area contributed by atoms with Gasteiger partial charge in [-0.1, -0.05) is 25.4 Å². The van der Waals surface area contributed by atoms with Gasteiger partial charge in [0.25, 0.3) is 5.91 Å². The van der Waals surface area contributed by atoms with Crippen LogP contribution in [-0.2, 0) is 19.6 Å². The molecule has 2 N–H and O–H groups in total. The van der Waals surface area contributed by atoms with Crippen LogP contribution in [0.15, 0.2) is 23.1 Å². The van der Waals surface area contributed by atoms with Gasteiger partial charge >= 0.3 is 5.97 Å². The molecule has 0 bridgehead atoms. The van der Waals surface area contributed by atoms with Gasteiger partial charge in [-0.25, -0.2) is 17.9 Å². The maximum atomic E-state index is 12.5. The standard InChI is InChI=1S/C17H23ClN2O5S/c1-10(2)8-14(17(22)25-3)19-16(21)11-4-7-13(18)15(9-11)26(23,24)20-12-5-6-12/h4,7,9-10,12,14,20H,5-6,8H2,1-3H3,(H,19,21)/t14-/m0/s1. The van der Waals surface area contributed by atoms with Gasteiger partial charge in [0.1, 0.15) is 10.9 Å². The number of amides is 1. The zero-order chi connectivity index (χ0) is 19.5. The van der Waals surface area contributed by atoms with Crippen molar-refractivity contribution in [2.24, 2.45) is 5.92 Å². The molecule has 0 saturated heterocycles. The molecule has 0 spiro atoms. The molecule has 7 nitrogen and oxygen atoms in total. The van der Waals surface area contributed by atoms with Crippen LogP contribution in [0.5, 0.6) is 0 Å². The lowest BCUT2D eigenvalue weighted by atomic mass is 10.0. The number of sulfonamides is 1. The van der Waals surface area contributed by atoms with E-state index in [1.54, 1.807) is 0 Å². The minimum Gasteiger partial charge on any atom is -0.467 e. The number of esters is 1. The van der Waals surface area contributed by atoms with E-state index in [0.29, 0.717) is 6.42 Å². The lowest BCUT2D eigenvalue weighted by Gasteiger charge is -2.18. The van der Waals surface area contributed by atoms with E-state index in [9.17, 15) is 18.0 Å². The summed E-state index contributed by atoms with van der Waals surface area (Å²) in [7, 11) is -2.56. The summed E-state index contributed by atoms with van der Waals surface area (Å²) in [5, 5.41) is 2.62. The number of ether oxygens (including phenoxy) is 1. The molecular weight excluding hydrogens is 380 g/mol. The molecule has 0 heterocycles. The Morgan fingerprint density at radius 3 is 2.50 bits per heavy atom. The van der Waals surface area contributed by atoms with Crippen molar-refractivity contribution < 1.29 is 22.7 Å². The van der Waals surface area contributed by atoms with E-state index in [1.165, 1.54) is 25.3 Å². The van der Waals surface area contributed by atoms with E-state index in [0.717, 1.165) is 12.8 Å². The maximum Gasteiger partial charge on any atom is 0.328 e. The summed E-state index contributed by atoms with van der Waals surface area (Å²) in [6, 6.07) is 3.09. The summed E-state index contributed by atoms with van der Waals surface area (Å²) in [6.45, 7) is 3.83. The van der Waals surface area contributed by atoms with Crippen LogP contribution in [0.25, 0.3) is 0 Å². The van der Waals surface area contributed by atoms with Crippen LogP contribution >= 0.6 is 11.6 Å². The molecule has 1 aromatic carbocycles. The molecule has 1 atom stereocenters. The number of rotatable bonds is 8. The van der Waals surface area contributed by atoms with E-state index in [-0.39, 0.29) is 27.4 Å². The third-order valence-corrected chi connectivity index (χ3v) is 5.88. The molecule has 144 valence electrons. The minimum absolute atomic E-state index is 0.0291. The molecule has 0 aromatic heterocycles. The Morgan fingerprint density at radius 2 is 1.96 bits per heavy atom. The van der Waals surface area contributed by atoms with Crippen LogP contribution in [0.2, 0.25) is 5.02 Å². The second kappa shape index (κ2) is 8.37. The SMILES string of the molecule is COC(=O)[C@H](CC(C)C)NC(=O)c1ccc(Cl)c(S(=O)(=O)NC2CC2)c1. The van der Waals surface area contributed by atoms with Crippen molar-refractivity contribution in [3.63, 3.8) is 0 Å². The number of halogens is 1. The quantitative estimate of drug-likeness (QED) is 0.648. The van der Waals surface area contributed by atoms with Crippen molar-refractivity contribution in [1.29, 1.82) is 0 Å². The van der Waals surface area contributed by atoms with Crippen LogP contribution in [0.3, 0.4) is 0 Å². The Hall–Kier alpha value is -1.64. The minimum atomic E-state index is -3.81. The normalized spacial score (nSPS) is 15.6. The van der Waals surface area contributed by atoms with Gasteiger partial charge in [-0.15, -0.1) is 0 Å². The second-order valence-corrected chi connectivity index (χ2v) is 8.81. The highest BCUT2D eigenvalue weighted by Crippen LogP contribution is 2.27. The Morgan fingerprint density at radius 1 is 1.31 bits per heavy atom. The number of hydrogen-bond acceptors (Lipinski definition) is 5. The summed E-state index contributed by atoms with van der Waals surface area (Å²) in [6.07, 6.45) is 1.97. The molecule has 26 heavy (non-hydrogen) atoms. The monoisotopic (exact) mass is 402 g/mol. The van der Waals surface area contributed by atoms with Crippen LogP contribution in [0, 0.1) is 5.92 Å². The first kappa shape index (κ1) is 20.7. The van der Waals surface area contributed by atoms with Gasteiger partial charge in [-0.05, 0) is 43.4 Å². The predicted molar refractivity (Wildman–Crippen MR) is 97.5 cm³/mol. The summed E-state index contributed by atoms with van der Waals surface area (Å²) in [5.74, 6) is -0.965. The Bertz CT molecular complexity index is 790. The topological polar surface area (TPSA) is 102 Å². The Labute approximate surface area is 158 Å². The molecule has 0 aliphatic heterocycles. The summed E-state index contributed by atoms with van der Waals surface area (Å²) in [5.41, 5.74) is 0.100. The van der Waals surface area contributed by atoms with Gasteiger partial charge in [-0.3, -0.25) is 4.79 Å². The fourth-order valence-electron chi connectivity index (χ4n) is 2.40. The second-order valence-electron chi connectivity index (χ2n) is 6.72. The number of benzene rings is 1. The van der Waals surface area contributed by atoms with Gasteiger partial charge in [0.05, 0.1) is 12.1 Å². The molecule has 0 unspecified atom stereocenters. The molecule has 1 aliphatic carbocycles. The average Bonchev–Trinajstić information content (AvgIpc) is 3.36. The van der Waals surface area contributed by atoms with E-state index in [2.05, 4.69) is 10.0 Å². The fourth-order valence-corrected chi connectivity index (χ4v) is 4.23. The van der Waals surface area contributed by atoms with Crippen molar-refractivity contribution in [1.82, 2.24) is 10.0 Å². The molecular formula is C17H23ClN2O5S. The Kier molecular flexibility index (Phi) is 6.65. The summed E-state index contributed by atoms with van der Waals surface area (Å²) >= 11 is 6.01. The predicted octanol–water partition coefficient (Wildman–Crippen LogP) is 2.10. The third kappa shape index (κ3) is 5.43. The highest BCUT2D eigenvalue weighted by Gasteiger charge is 2.30. The molecule has 1 aromatic rings. The molecule has 1 amide bonds. The van der Waals surface area contributed by atoms with E-state index < -0.39 is 27.9 Å². The third-order valence-electron chi connectivity index (χ3n) is 3.88. The van der Waals surface area contributed by atoms with E-state index in [1.807, 2.05) is 13.8 Å². The van der Waals surface area contributed by atoms with Crippen LogP contribution in [-0.4, -0.2) is 39.5 Å². The van der Waals surface area contributed by atoms with Crippen molar-refractivity contribution in [3.05, 3.63) is 28.8 Å². The van der Waals surface area contributed by atoms with Crippen molar-refractivity contribution >= 4 is 33.5 Å². The van der Waals surface area contributed by atoms with Gasteiger partial charge in [0.2, 0.25) is 10.0 Å². The highest BCUT2D eigenvalue weighted by molar-refractivity contribution is 7.89. The number of methoxy groups -OCH3 is 1. The van der Waals surface area contributed by atoms with Gasteiger partial charge in [0, 0.05) is 11.6 Å². The summed E-state index contributed by atoms with van der Waals surface area (Å²) in [4.78, 5) is 24.2. The van der Waals surface area contributed by atoms with E-state index in [4.69, 9.17) is 16.3 Å². The molecule has 9 heteroatoms. The maximum absolute atomic E-state index is 12.5. The van der Waals surface area contributed by atoms with Gasteiger partial charge in [-0.2, -0.15) is 0 Å². The van der Waals surface area contributed by atoms with Crippen molar-refractivity contribution in [2.75, 3.05) is 7.11 Å². The largest absolute Gasteiger partial charge is 0.467 e. The summed E-state index contributed by atoms with van der Waals surface area (Å²) < 4.78 is 32.0. The number of nitrogens with one attached hydrogen (secondary N) is 2. The first-order chi connectivity index (χ1) is 12.1. The highest BCUT2D eigenvalue weighted by atomic mass is 35.5. The van der Waals surface area contributed by atoms with Crippen LogP contribution < -0.4 is 10.0 Å². The average molecular weight is 403 g/mol. The van der Waals surface area contributed by atoms with Crippen molar-refractivity contribution in [3.8, 4) is 0 Å². The molecule has 2 rings (SSSR count). The molecule has 1 fully saturated rings. The molecule has 1 aliphatic rings. The first-order valence-corrected chi connectivity index (χ1v) is 10.2. The Balaban J connectivity index is 2.23. The molecule has 1 saturated carbocycles. The lowest BCUT2D eigenvalue weighted by molar-refractivity contribution is -0.143. The van der Waals surface area contributed by atoms with Crippen LogP contribution in [0.4, 0.5) is 0 Å². The lowest BCUT2D eigenvalue weighted by Crippen LogP contribution is -2.42. The van der Waals surface area contributed by atoms with Gasteiger partial charge < -0.3 is 10.1 Å². The smallest absolute Gasteiger partial charge is 0.328 e.